The van der Waals surface area contributed by atoms with Gasteiger partial charge in [-0.3, -0.25) is 9.69 Å². The minimum absolute atomic E-state index is 0.114. The van der Waals surface area contributed by atoms with E-state index in [1.807, 2.05) is 6.08 Å². The van der Waals surface area contributed by atoms with Gasteiger partial charge in [0.15, 0.2) is 5.17 Å². The molecular weight excluding hydrogens is 390 g/mol. The summed E-state index contributed by atoms with van der Waals surface area (Å²) >= 11 is 1.51. The van der Waals surface area contributed by atoms with Crippen molar-refractivity contribution in [2.24, 2.45) is 4.99 Å². The molecule has 2 aromatic rings. The summed E-state index contributed by atoms with van der Waals surface area (Å²) < 4.78 is 0. The van der Waals surface area contributed by atoms with Crippen molar-refractivity contribution in [3.05, 3.63) is 76.2 Å². The SMILES string of the molecule is CCCCc1ccc(/C=C2\SC(N3CCN(Cc4ccccc4)CC3)=NC2=O)cc1. The number of hydrogen-bond donors (Lipinski definition) is 0. The molecule has 1 fully saturated rings. The van der Waals surface area contributed by atoms with Gasteiger partial charge >= 0.3 is 0 Å². The summed E-state index contributed by atoms with van der Waals surface area (Å²) in [4.78, 5) is 22.2. The molecule has 2 aliphatic rings. The molecule has 2 aromatic carbocycles. The number of aryl methyl sites for hydroxylation is 1. The molecule has 0 unspecified atom stereocenters. The molecule has 1 saturated heterocycles. The van der Waals surface area contributed by atoms with Crippen LogP contribution in [0.2, 0.25) is 0 Å². The first kappa shape index (κ1) is 20.9. The lowest BCUT2D eigenvalue weighted by molar-refractivity contribution is -0.113. The van der Waals surface area contributed by atoms with Crippen molar-refractivity contribution in [1.82, 2.24) is 9.80 Å². The fraction of sp³-hybridized carbons (Fsp3) is 0.360. The summed E-state index contributed by atoms with van der Waals surface area (Å²) in [7, 11) is 0. The molecule has 4 nitrogen and oxygen atoms in total. The highest BCUT2D eigenvalue weighted by molar-refractivity contribution is 8.18. The lowest BCUT2D eigenvalue weighted by Gasteiger charge is -2.35. The molecule has 2 heterocycles. The number of aliphatic imine (C=N–C) groups is 1. The van der Waals surface area contributed by atoms with Gasteiger partial charge in [0, 0.05) is 32.7 Å². The van der Waals surface area contributed by atoms with Crippen LogP contribution in [0.4, 0.5) is 0 Å². The molecule has 0 spiro atoms. The highest BCUT2D eigenvalue weighted by Crippen LogP contribution is 2.30. The van der Waals surface area contributed by atoms with Gasteiger partial charge in [0.2, 0.25) is 0 Å². The summed E-state index contributed by atoms with van der Waals surface area (Å²) in [5, 5.41) is 0.852. The van der Waals surface area contributed by atoms with Gasteiger partial charge in [0.25, 0.3) is 5.91 Å². The van der Waals surface area contributed by atoms with E-state index in [-0.39, 0.29) is 5.91 Å². The van der Waals surface area contributed by atoms with E-state index in [4.69, 9.17) is 0 Å². The number of benzene rings is 2. The number of piperazine rings is 1. The molecule has 0 saturated carbocycles. The molecule has 0 N–H and O–H groups in total. The smallest absolute Gasteiger partial charge is 0.286 e. The molecule has 0 aromatic heterocycles. The summed E-state index contributed by atoms with van der Waals surface area (Å²) in [6, 6.07) is 19.1. The number of thioether (sulfide) groups is 1. The predicted molar refractivity (Wildman–Crippen MR) is 126 cm³/mol. The van der Waals surface area contributed by atoms with E-state index in [0.29, 0.717) is 0 Å². The van der Waals surface area contributed by atoms with E-state index in [9.17, 15) is 4.79 Å². The fourth-order valence-corrected chi connectivity index (χ4v) is 4.75. The summed E-state index contributed by atoms with van der Waals surface area (Å²) in [5.41, 5.74) is 3.77. The van der Waals surface area contributed by atoms with Crippen molar-refractivity contribution < 1.29 is 4.79 Å². The number of rotatable bonds is 6. The van der Waals surface area contributed by atoms with Crippen molar-refractivity contribution in [2.75, 3.05) is 26.2 Å². The first-order valence-electron chi connectivity index (χ1n) is 10.8. The molecule has 1 amide bonds. The standard InChI is InChI=1S/C25H29N3OS/c1-2-3-7-20-10-12-21(13-11-20)18-23-24(29)26-25(30-23)28-16-14-27(15-17-28)19-22-8-5-4-6-9-22/h4-6,8-13,18H,2-3,7,14-17,19H2,1H3/b23-18-. The van der Waals surface area contributed by atoms with E-state index >= 15 is 0 Å². The van der Waals surface area contributed by atoms with E-state index in [1.165, 1.54) is 35.7 Å². The average Bonchev–Trinajstić information content (AvgIpc) is 3.14. The Bertz CT molecular complexity index is 913. The van der Waals surface area contributed by atoms with Gasteiger partial charge in [-0.15, -0.1) is 0 Å². The number of hydrogen-bond acceptors (Lipinski definition) is 4. The number of amides is 1. The predicted octanol–water partition coefficient (Wildman–Crippen LogP) is 4.82. The largest absolute Gasteiger partial charge is 0.348 e. The topological polar surface area (TPSA) is 35.9 Å². The third-order valence-electron chi connectivity index (χ3n) is 5.60. The zero-order valence-corrected chi connectivity index (χ0v) is 18.4. The van der Waals surface area contributed by atoms with Crippen molar-refractivity contribution in [1.29, 1.82) is 0 Å². The number of amidine groups is 1. The third-order valence-corrected chi connectivity index (χ3v) is 6.64. The Labute approximate surface area is 183 Å². The van der Waals surface area contributed by atoms with Crippen LogP contribution in [-0.4, -0.2) is 47.1 Å². The van der Waals surface area contributed by atoms with Crippen LogP contribution >= 0.6 is 11.8 Å². The van der Waals surface area contributed by atoms with Crippen LogP contribution in [0.1, 0.15) is 36.5 Å². The maximum atomic E-state index is 12.4. The van der Waals surface area contributed by atoms with Gasteiger partial charge in [0.05, 0.1) is 4.91 Å². The number of nitrogens with zero attached hydrogens (tertiary/aromatic N) is 3. The second-order valence-electron chi connectivity index (χ2n) is 7.90. The minimum atomic E-state index is -0.114. The second kappa shape index (κ2) is 10.1. The minimum Gasteiger partial charge on any atom is -0.348 e. The highest BCUT2D eigenvalue weighted by Gasteiger charge is 2.28. The van der Waals surface area contributed by atoms with Crippen LogP contribution in [-0.2, 0) is 17.8 Å². The number of unbranched alkanes of at least 4 members (excludes halogenated alkanes) is 1. The molecule has 0 aliphatic carbocycles. The van der Waals surface area contributed by atoms with E-state index in [0.717, 1.165) is 54.8 Å². The fourth-order valence-electron chi connectivity index (χ4n) is 3.78. The second-order valence-corrected chi connectivity index (χ2v) is 8.91. The third kappa shape index (κ3) is 5.41. The summed E-state index contributed by atoms with van der Waals surface area (Å²) in [6.45, 7) is 6.98. The lowest BCUT2D eigenvalue weighted by Crippen LogP contribution is -2.47. The Kier molecular flexibility index (Phi) is 7.03. The highest BCUT2D eigenvalue weighted by atomic mass is 32.2. The Hall–Kier alpha value is -2.37. The normalized spacial score (nSPS) is 18.8. The van der Waals surface area contributed by atoms with E-state index in [2.05, 4.69) is 76.3 Å². The quantitative estimate of drug-likeness (QED) is 0.629. The summed E-state index contributed by atoms with van der Waals surface area (Å²) in [5.74, 6) is -0.114. The molecule has 0 radical (unpaired) electrons. The van der Waals surface area contributed by atoms with Gasteiger partial charge in [-0.25, -0.2) is 0 Å². The van der Waals surface area contributed by atoms with Gasteiger partial charge in [-0.2, -0.15) is 4.99 Å². The molecular formula is C25H29N3OS. The molecule has 0 atom stereocenters. The van der Waals surface area contributed by atoms with Gasteiger partial charge in [-0.1, -0.05) is 67.9 Å². The van der Waals surface area contributed by atoms with Gasteiger partial charge < -0.3 is 4.90 Å². The van der Waals surface area contributed by atoms with E-state index < -0.39 is 0 Å². The Morgan fingerprint density at radius 3 is 2.40 bits per heavy atom. The Balaban J connectivity index is 1.31. The zero-order valence-electron chi connectivity index (χ0n) is 17.6. The molecule has 0 bridgehead atoms. The molecule has 4 rings (SSSR count). The molecule has 30 heavy (non-hydrogen) atoms. The molecule has 5 heteroatoms. The van der Waals surface area contributed by atoms with Crippen LogP contribution in [0.3, 0.4) is 0 Å². The maximum Gasteiger partial charge on any atom is 0.286 e. The van der Waals surface area contributed by atoms with Gasteiger partial charge in [-0.05, 0) is 47.4 Å². The van der Waals surface area contributed by atoms with E-state index in [1.54, 1.807) is 0 Å². The Morgan fingerprint density at radius 1 is 0.967 bits per heavy atom. The van der Waals surface area contributed by atoms with Crippen LogP contribution in [0, 0.1) is 0 Å². The summed E-state index contributed by atoms with van der Waals surface area (Å²) in [6.07, 6.45) is 5.51. The van der Waals surface area contributed by atoms with Crippen molar-refractivity contribution >= 4 is 28.9 Å². The van der Waals surface area contributed by atoms with Crippen molar-refractivity contribution in [3.63, 3.8) is 0 Å². The van der Waals surface area contributed by atoms with Crippen LogP contribution in [0.15, 0.2) is 64.5 Å². The first-order chi connectivity index (χ1) is 14.7. The number of carbonyl (C=O) groups is 1. The zero-order chi connectivity index (χ0) is 20.8. The molecule has 156 valence electrons. The van der Waals surface area contributed by atoms with Crippen LogP contribution in [0.5, 0.6) is 0 Å². The monoisotopic (exact) mass is 419 g/mol. The lowest BCUT2D eigenvalue weighted by atomic mass is 10.1. The van der Waals surface area contributed by atoms with Crippen LogP contribution in [0.25, 0.3) is 6.08 Å². The van der Waals surface area contributed by atoms with Crippen molar-refractivity contribution in [3.8, 4) is 0 Å². The van der Waals surface area contributed by atoms with Gasteiger partial charge in [0.1, 0.15) is 0 Å². The maximum absolute atomic E-state index is 12.4. The first-order valence-corrected chi connectivity index (χ1v) is 11.7. The Morgan fingerprint density at radius 2 is 1.70 bits per heavy atom. The average molecular weight is 420 g/mol. The van der Waals surface area contributed by atoms with Crippen LogP contribution < -0.4 is 0 Å². The molecule has 2 aliphatic heterocycles. The van der Waals surface area contributed by atoms with Crippen molar-refractivity contribution in [2.45, 2.75) is 32.7 Å². The number of carbonyl (C=O) groups excluding carboxylic acids is 1.